The second-order valence-electron chi connectivity index (χ2n) is 8.03. The average Bonchev–Trinajstić information content (AvgIpc) is 2.71. The summed E-state index contributed by atoms with van der Waals surface area (Å²) in [6, 6.07) is 14.8. The van der Waals surface area contributed by atoms with Crippen LogP contribution in [0.4, 0.5) is 0 Å². The monoisotopic (exact) mass is 414 g/mol. The Balaban J connectivity index is 2.59. The molecule has 3 N–H and O–H groups in total. The number of ether oxygens (including phenoxy) is 1. The van der Waals surface area contributed by atoms with Gasteiger partial charge in [-0.2, -0.15) is 0 Å². The summed E-state index contributed by atoms with van der Waals surface area (Å²) in [5.74, 6) is -3.20. The first-order valence-corrected chi connectivity index (χ1v) is 9.42. The summed E-state index contributed by atoms with van der Waals surface area (Å²) in [5.41, 5.74) is -6.99. The van der Waals surface area contributed by atoms with Crippen molar-refractivity contribution in [3.63, 3.8) is 0 Å². The number of rotatable bonds is 8. The Hall–Kier alpha value is -2.87. The van der Waals surface area contributed by atoms with Crippen molar-refractivity contribution in [3.05, 3.63) is 71.8 Å². The van der Waals surface area contributed by atoms with E-state index in [1.165, 1.54) is 48.5 Å². The number of carbonyl (C=O) groups excluding carboxylic acids is 3. The van der Waals surface area contributed by atoms with E-state index in [0.717, 1.165) is 0 Å². The molecule has 0 aliphatic heterocycles. The van der Waals surface area contributed by atoms with Crippen LogP contribution >= 0.6 is 0 Å². The molecule has 30 heavy (non-hydrogen) atoms. The summed E-state index contributed by atoms with van der Waals surface area (Å²) in [5, 5.41) is 32.5. The fraction of sp³-hybridized carbons (Fsp3) is 0.348. The Kier molecular flexibility index (Phi) is 6.92. The van der Waals surface area contributed by atoms with Gasteiger partial charge in [0.25, 0.3) is 0 Å². The SMILES string of the molecule is CC(C)(C)OC(=O)C[C@](O)(C(=O)c1ccccc1)[C@@](O)(CO)C(=O)c1ccccc1. The highest BCUT2D eigenvalue weighted by molar-refractivity contribution is 6.13. The highest BCUT2D eigenvalue weighted by Gasteiger charge is 2.60. The molecular weight excluding hydrogens is 388 g/mol. The number of aliphatic hydroxyl groups is 3. The third kappa shape index (κ3) is 4.81. The van der Waals surface area contributed by atoms with Crippen LogP contribution in [0.1, 0.15) is 47.9 Å². The second kappa shape index (κ2) is 8.87. The minimum absolute atomic E-state index is 0.0440. The molecule has 7 nitrogen and oxygen atoms in total. The van der Waals surface area contributed by atoms with Crippen molar-refractivity contribution in [2.24, 2.45) is 0 Å². The van der Waals surface area contributed by atoms with Crippen LogP contribution < -0.4 is 0 Å². The summed E-state index contributed by atoms with van der Waals surface area (Å²) >= 11 is 0. The first-order valence-electron chi connectivity index (χ1n) is 9.42. The number of benzene rings is 2. The Labute approximate surface area is 174 Å². The van der Waals surface area contributed by atoms with E-state index in [1.54, 1.807) is 32.9 Å². The molecule has 2 aromatic carbocycles. The van der Waals surface area contributed by atoms with E-state index in [2.05, 4.69) is 0 Å². The molecule has 0 radical (unpaired) electrons. The van der Waals surface area contributed by atoms with Gasteiger partial charge < -0.3 is 20.1 Å². The minimum atomic E-state index is -2.99. The van der Waals surface area contributed by atoms with Crippen LogP contribution in [0.15, 0.2) is 60.7 Å². The standard InChI is InChI=1S/C23H26O7/c1-21(2,3)30-18(25)14-22(28,19(26)16-10-6-4-7-11-16)23(29,15-24)20(27)17-12-8-5-9-13-17/h4-13,24,28-29H,14-15H2,1-3H3/t22-,23+/m0/s1. The molecule has 160 valence electrons. The highest BCUT2D eigenvalue weighted by Crippen LogP contribution is 2.34. The lowest BCUT2D eigenvalue weighted by molar-refractivity contribution is -0.169. The van der Waals surface area contributed by atoms with Gasteiger partial charge in [-0.1, -0.05) is 60.7 Å². The molecule has 2 rings (SSSR count). The smallest absolute Gasteiger partial charge is 0.309 e. The number of ketones is 2. The first-order chi connectivity index (χ1) is 13.9. The molecule has 0 aliphatic carbocycles. The molecule has 0 saturated heterocycles. The van der Waals surface area contributed by atoms with Gasteiger partial charge in [-0.15, -0.1) is 0 Å². The first kappa shape index (κ1) is 23.4. The van der Waals surface area contributed by atoms with E-state index in [1.807, 2.05) is 0 Å². The van der Waals surface area contributed by atoms with Crippen LogP contribution in [0.25, 0.3) is 0 Å². The zero-order chi connectivity index (χ0) is 22.6. The Bertz CT molecular complexity index is 902. The highest BCUT2D eigenvalue weighted by atomic mass is 16.6. The van der Waals surface area contributed by atoms with Gasteiger partial charge in [-0.3, -0.25) is 14.4 Å². The predicted molar refractivity (Wildman–Crippen MR) is 109 cm³/mol. The maximum atomic E-state index is 13.2. The molecule has 0 aliphatic rings. The van der Waals surface area contributed by atoms with Crippen LogP contribution in [0.5, 0.6) is 0 Å². The van der Waals surface area contributed by atoms with Gasteiger partial charge in [0, 0.05) is 11.1 Å². The van der Waals surface area contributed by atoms with Crippen molar-refractivity contribution < 1.29 is 34.4 Å². The Morgan fingerprint density at radius 3 is 1.53 bits per heavy atom. The maximum Gasteiger partial charge on any atom is 0.309 e. The zero-order valence-corrected chi connectivity index (χ0v) is 17.2. The molecule has 7 heteroatoms. The van der Waals surface area contributed by atoms with Crippen LogP contribution in [0, 0.1) is 0 Å². The third-order valence-electron chi connectivity index (χ3n) is 4.56. The van der Waals surface area contributed by atoms with E-state index in [4.69, 9.17) is 4.74 Å². The van der Waals surface area contributed by atoms with Crippen molar-refractivity contribution in [2.75, 3.05) is 6.61 Å². The molecule has 2 atom stereocenters. The fourth-order valence-corrected chi connectivity index (χ4v) is 3.05. The fourth-order valence-electron chi connectivity index (χ4n) is 3.05. The topological polar surface area (TPSA) is 121 Å². The molecular formula is C23H26O7. The number of carbonyl (C=O) groups is 3. The quantitative estimate of drug-likeness (QED) is 0.446. The average molecular weight is 414 g/mol. The molecule has 0 bridgehead atoms. The lowest BCUT2D eigenvalue weighted by Gasteiger charge is -2.40. The number of esters is 1. The van der Waals surface area contributed by atoms with Gasteiger partial charge in [0.1, 0.15) is 5.60 Å². The van der Waals surface area contributed by atoms with E-state index in [9.17, 15) is 29.7 Å². The van der Waals surface area contributed by atoms with Crippen molar-refractivity contribution >= 4 is 17.5 Å². The summed E-state index contributed by atoms with van der Waals surface area (Å²) in [7, 11) is 0. The summed E-state index contributed by atoms with van der Waals surface area (Å²) in [6.45, 7) is 3.49. The van der Waals surface area contributed by atoms with Crippen LogP contribution in [0.2, 0.25) is 0 Å². The van der Waals surface area contributed by atoms with Gasteiger partial charge in [0.2, 0.25) is 0 Å². The van der Waals surface area contributed by atoms with Gasteiger partial charge >= 0.3 is 5.97 Å². The molecule has 0 unspecified atom stereocenters. The van der Waals surface area contributed by atoms with Gasteiger partial charge in [-0.05, 0) is 20.8 Å². The number of hydrogen-bond acceptors (Lipinski definition) is 7. The zero-order valence-electron chi connectivity index (χ0n) is 17.2. The lowest BCUT2D eigenvalue weighted by Crippen LogP contribution is -2.66. The summed E-state index contributed by atoms with van der Waals surface area (Å²) in [4.78, 5) is 38.8. The van der Waals surface area contributed by atoms with Crippen molar-refractivity contribution in [1.29, 1.82) is 0 Å². The minimum Gasteiger partial charge on any atom is -0.460 e. The third-order valence-corrected chi connectivity index (χ3v) is 4.56. The normalized spacial score (nSPS) is 15.5. The van der Waals surface area contributed by atoms with Crippen LogP contribution in [-0.4, -0.2) is 56.3 Å². The van der Waals surface area contributed by atoms with Crippen molar-refractivity contribution in [3.8, 4) is 0 Å². The van der Waals surface area contributed by atoms with Crippen molar-refractivity contribution in [2.45, 2.75) is 44.0 Å². The van der Waals surface area contributed by atoms with Crippen LogP contribution in [0.3, 0.4) is 0 Å². The molecule has 0 aromatic heterocycles. The largest absolute Gasteiger partial charge is 0.460 e. The van der Waals surface area contributed by atoms with Crippen molar-refractivity contribution in [1.82, 2.24) is 0 Å². The number of aliphatic hydroxyl groups excluding tert-OH is 1. The van der Waals surface area contributed by atoms with E-state index in [0.29, 0.717) is 0 Å². The molecule has 0 saturated carbocycles. The molecule has 0 heterocycles. The maximum absolute atomic E-state index is 13.2. The molecule has 0 fully saturated rings. The summed E-state index contributed by atoms with van der Waals surface area (Å²) in [6.07, 6.45) is -1.03. The summed E-state index contributed by atoms with van der Waals surface area (Å²) < 4.78 is 5.19. The van der Waals surface area contributed by atoms with Gasteiger partial charge in [0.05, 0.1) is 13.0 Å². The molecule has 0 spiro atoms. The number of hydrogen-bond donors (Lipinski definition) is 3. The van der Waals surface area contributed by atoms with Gasteiger partial charge in [-0.25, -0.2) is 0 Å². The molecule has 2 aromatic rings. The van der Waals surface area contributed by atoms with Gasteiger partial charge in [0.15, 0.2) is 22.8 Å². The second-order valence-corrected chi connectivity index (χ2v) is 8.03. The predicted octanol–water partition coefficient (Wildman–Crippen LogP) is 1.94. The van der Waals surface area contributed by atoms with E-state index >= 15 is 0 Å². The van der Waals surface area contributed by atoms with E-state index in [-0.39, 0.29) is 11.1 Å². The van der Waals surface area contributed by atoms with Crippen LogP contribution in [-0.2, 0) is 9.53 Å². The Morgan fingerprint density at radius 2 is 1.17 bits per heavy atom. The lowest BCUT2D eigenvalue weighted by atomic mass is 9.71. The Morgan fingerprint density at radius 1 is 0.767 bits per heavy atom. The van der Waals surface area contributed by atoms with E-state index < -0.39 is 47.4 Å². The number of Topliss-reactive ketones (excluding diaryl/α,β-unsaturated/α-hetero) is 2. The molecule has 0 amide bonds.